The van der Waals surface area contributed by atoms with Gasteiger partial charge in [0.05, 0.1) is 22.8 Å². The molecule has 174 valence electrons. The van der Waals surface area contributed by atoms with E-state index in [4.69, 9.17) is 10.00 Å². The van der Waals surface area contributed by atoms with Gasteiger partial charge in [-0.1, -0.05) is 6.07 Å². The zero-order valence-electron chi connectivity index (χ0n) is 19.9. The number of nitriles is 2. The number of hydrogen-bond donors (Lipinski definition) is 1. The molecule has 0 fully saturated rings. The van der Waals surface area contributed by atoms with Gasteiger partial charge in [0.1, 0.15) is 23.0 Å². The number of ether oxygens (including phenoxy) is 1. The minimum atomic E-state index is 0.373. The van der Waals surface area contributed by atoms with E-state index >= 15 is 0 Å². The molecule has 0 bridgehead atoms. The maximum Gasteiger partial charge on any atom is 0.249 e. The number of nitrogens with zero attached hydrogens (tertiary/aromatic N) is 6. The smallest absolute Gasteiger partial charge is 0.249 e. The van der Waals surface area contributed by atoms with Gasteiger partial charge >= 0.3 is 0 Å². The van der Waals surface area contributed by atoms with Crippen molar-refractivity contribution in [2.45, 2.75) is 13.8 Å². The minimum absolute atomic E-state index is 0.373. The Morgan fingerprint density at radius 1 is 0.889 bits per heavy atom. The van der Waals surface area contributed by atoms with Crippen LogP contribution in [-0.4, -0.2) is 19.5 Å². The molecule has 3 heterocycles. The number of pyridine rings is 1. The van der Waals surface area contributed by atoms with E-state index in [1.54, 1.807) is 30.3 Å². The van der Waals surface area contributed by atoms with Crippen molar-refractivity contribution in [1.82, 2.24) is 19.5 Å². The van der Waals surface area contributed by atoms with Crippen LogP contribution >= 0.6 is 0 Å². The van der Waals surface area contributed by atoms with Gasteiger partial charge in [0, 0.05) is 24.5 Å². The van der Waals surface area contributed by atoms with E-state index in [0.29, 0.717) is 28.8 Å². The summed E-state index contributed by atoms with van der Waals surface area (Å²) in [5.74, 6) is 1.51. The maximum absolute atomic E-state index is 9.19. The molecule has 36 heavy (non-hydrogen) atoms. The first kappa shape index (κ1) is 22.6. The quantitative estimate of drug-likeness (QED) is 0.338. The lowest BCUT2D eigenvalue weighted by atomic mass is 10.0. The molecule has 5 rings (SSSR count). The first-order valence-corrected chi connectivity index (χ1v) is 11.2. The molecule has 2 aromatic carbocycles. The van der Waals surface area contributed by atoms with E-state index in [-0.39, 0.29) is 0 Å². The molecule has 0 aliphatic carbocycles. The normalized spacial score (nSPS) is 10.6. The number of hydrogen-bond acceptors (Lipinski definition) is 7. The summed E-state index contributed by atoms with van der Waals surface area (Å²) in [4.78, 5) is 13.7. The van der Waals surface area contributed by atoms with Crippen LogP contribution in [0.25, 0.3) is 22.3 Å². The maximum atomic E-state index is 9.19. The molecule has 0 saturated carbocycles. The van der Waals surface area contributed by atoms with Crippen LogP contribution in [0.4, 0.5) is 11.6 Å². The number of aromatic nitrogens is 4. The Morgan fingerprint density at radius 3 is 2.33 bits per heavy atom. The van der Waals surface area contributed by atoms with Crippen molar-refractivity contribution in [1.29, 1.82) is 10.5 Å². The predicted molar refractivity (Wildman–Crippen MR) is 137 cm³/mol. The summed E-state index contributed by atoms with van der Waals surface area (Å²) in [5.41, 5.74) is 6.68. The number of benzene rings is 2. The van der Waals surface area contributed by atoms with Gasteiger partial charge in [-0.3, -0.25) is 0 Å². The van der Waals surface area contributed by atoms with E-state index in [1.807, 2.05) is 62.0 Å². The Bertz CT molecular complexity index is 1670. The van der Waals surface area contributed by atoms with Crippen LogP contribution < -0.4 is 10.1 Å². The van der Waals surface area contributed by atoms with E-state index < -0.39 is 0 Å². The van der Waals surface area contributed by atoms with Crippen molar-refractivity contribution in [3.05, 3.63) is 89.2 Å². The molecule has 0 spiro atoms. The average molecular weight is 472 g/mol. The standard InChI is InChI=1S/C28H21N7O/c1-17-13-20(23-6-4-5-22(16-30)31-23)14-18(2)26(17)36-27-25-24(11-12-35(25)3)33-28(34-27)32-21-9-7-19(15-29)8-10-21/h4-14H,1-3H3,(H,32,33,34). The summed E-state index contributed by atoms with van der Waals surface area (Å²) in [6.07, 6.45) is 1.91. The second-order valence-corrected chi connectivity index (χ2v) is 8.39. The Morgan fingerprint density at radius 2 is 1.64 bits per heavy atom. The molecule has 8 heteroatoms. The fourth-order valence-electron chi connectivity index (χ4n) is 4.05. The fraction of sp³-hybridized carbons (Fsp3) is 0.107. The third kappa shape index (κ3) is 4.31. The van der Waals surface area contributed by atoms with Gasteiger partial charge in [0.15, 0.2) is 0 Å². The lowest BCUT2D eigenvalue weighted by Crippen LogP contribution is -2.02. The van der Waals surface area contributed by atoms with Crippen LogP contribution in [0.1, 0.15) is 22.4 Å². The summed E-state index contributed by atoms with van der Waals surface area (Å²) in [5, 5.41) is 21.4. The Labute approximate surface area is 208 Å². The van der Waals surface area contributed by atoms with Gasteiger partial charge < -0.3 is 14.6 Å². The molecule has 0 unspecified atom stereocenters. The monoisotopic (exact) mass is 471 g/mol. The van der Waals surface area contributed by atoms with Crippen molar-refractivity contribution in [3.63, 3.8) is 0 Å². The predicted octanol–water partition coefficient (Wildman–Crippen LogP) is 5.93. The van der Waals surface area contributed by atoms with Gasteiger partial charge in [-0.15, -0.1) is 0 Å². The molecule has 0 radical (unpaired) electrons. The fourth-order valence-corrected chi connectivity index (χ4v) is 4.05. The first-order valence-electron chi connectivity index (χ1n) is 11.2. The molecule has 0 atom stereocenters. The Balaban J connectivity index is 1.52. The zero-order valence-corrected chi connectivity index (χ0v) is 19.9. The van der Waals surface area contributed by atoms with E-state index in [1.165, 1.54) is 0 Å². The number of anilines is 2. The van der Waals surface area contributed by atoms with E-state index in [2.05, 4.69) is 32.4 Å². The number of nitrogens with one attached hydrogen (secondary N) is 1. The van der Waals surface area contributed by atoms with Gasteiger partial charge in [0.25, 0.3) is 0 Å². The minimum Gasteiger partial charge on any atom is -0.436 e. The number of aryl methyl sites for hydroxylation is 3. The van der Waals surface area contributed by atoms with Gasteiger partial charge in [0.2, 0.25) is 11.8 Å². The van der Waals surface area contributed by atoms with Gasteiger partial charge in [-0.05, 0) is 79.6 Å². The highest BCUT2D eigenvalue weighted by Crippen LogP contribution is 2.35. The van der Waals surface area contributed by atoms with Crippen molar-refractivity contribution in [2.75, 3.05) is 5.32 Å². The van der Waals surface area contributed by atoms with Crippen molar-refractivity contribution in [3.8, 4) is 35.0 Å². The van der Waals surface area contributed by atoms with Crippen molar-refractivity contribution >= 4 is 22.7 Å². The Kier molecular flexibility index (Phi) is 5.77. The topological polar surface area (TPSA) is 112 Å². The highest BCUT2D eigenvalue weighted by Gasteiger charge is 2.17. The molecular formula is C28H21N7O. The lowest BCUT2D eigenvalue weighted by molar-refractivity contribution is 0.459. The second kappa shape index (κ2) is 9.21. The van der Waals surface area contributed by atoms with Gasteiger partial charge in [-0.2, -0.15) is 15.5 Å². The van der Waals surface area contributed by atoms with E-state index in [0.717, 1.165) is 39.1 Å². The highest BCUT2D eigenvalue weighted by atomic mass is 16.5. The van der Waals surface area contributed by atoms with Crippen LogP contribution in [0.2, 0.25) is 0 Å². The van der Waals surface area contributed by atoms with Gasteiger partial charge in [-0.25, -0.2) is 9.97 Å². The number of rotatable bonds is 5. The zero-order chi connectivity index (χ0) is 25.2. The molecule has 5 aromatic rings. The average Bonchev–Trinajstić information content (AvgIpc) is 3.27. The summed E-state index contributed by atoms with van der Waals surface area (Å²) in [6.45, 7) is 3.94. The largest absolute Gasteiger partial charge is 0.436 e. The van der Waals surface area contributed by atoms with Crippen molar-refractivity contribution < 1.29 is 4.74 Å². The summed E-state index contributed by atoms with van der Waals surface area (Å²) < 4.78 is 8.34. The summed E-state index contributed by atoms with van der Waals surface area (Å²) >= 11 is 0. The highest BCUT2D eigenvalue weighted by molar-refractivity contribution is 5.83. The number of fused-ring (bicyclic) bond motifs is 1. The molecule has 0 saturated heterocycles. The van der Waals surface area contributed by atoms with Crippen LogP contribution in [0.15, 0.2) is 66.9 Å². The Hall–Kier alpha value is -5.21. The molecular weight excluding hydrogens is 450 g/mol. The van der Waals surface area contributed by atoms with Crippen LogP contribution in [0.5, 0.6) is 11.6 Å². The molecule has 0 aliphatic heterocycles. The SMILES string of the molecule is Cc1cc(-c2cccc(C#N)n2)cc(C)c1Oc1nc(Nc2ccc(C#N)cc2)nc2ccn(C)c12. The summed E-state index contributed by atoms with van der Waals surface area (Å²) in [6, 6.07) is 22.6. The third-order valence-corrected chi connectivity index (χ3v) is 5.78. The van der Waals surface area contributed by atoms with E-state index in [9.17, 15) is 5.26 Å². The molecule has 1 N–H and O–H groups in total. The third-order valence-electron chi connectivity index (χ3n) is 5.78. The van der Waals surface area contributed by atoms with Crippen LogP contribution in [0.3, 0.4) is 0 Å². The molecule has 8 nitrogen and oxygen atoms in total. The summed E-state index contributed by atoms with van der Waals surface area (Å²) in [7, 11) is 1.92. The molecule has 0 aliphatic rings. The van der Waals surface area contributed by atoms with Crippen LogP contribution in [0, 0.1) is 36.5 Å². The van der Waals surface area contributed by atoms with Crippen molar-refractivity contribution in [2.24, 2.45) is 7.05 Å². The van der Waals surface area contributed by atoms with Crippen LogP contribution in [-0.2, 0) is 7.05 Å². The molecule has 0 amide bonds. The lowest BCUT2D eigenvalue weighted by Gasteiger charge is -2.15. The second-order valence-electron chi connectivity index (χ2n) is 8.39. The first-order chi connectivity index (χ1) is 17.4. The molecule has 3 aromatic heterocycles.